The van der Waals surface area contributed by atoms with Crippen LogP contribution in [-0.4, -0.2) is 10.9 Å². The lowest BCUT2D eigenvalue weighted by Crippen LogP contribution is -2.12. The quantitative estimate of drug-likeness (QED) is 0.575. The molecule has 0 unspecified atom stereocenters. The van der Waals surface area contributed by atoms with Crippen molar-refractivity contribution in [2.75, 3.05) is 5.32 Å². The summed E-state index contributed by atoms with van der Waals surface area (Å²) in [4.78, 5) is 16.2. The molecule has 3 nitrogen and oxygen atoms in total. The number of carbonyl (C=O) groups excluding carboxylic acids is 1. The van der Waals surface area contributed by atoms with Crippen LogP contribution >= 0.6 is 22.9 Å². The van der Waals surface area contributed by atoms with E-state index in [1.54, 1.807) is 6.92 Å². The summed E-state index contributed by atoms with van der Waals surface area (Å²) in [5, 5.41) is 2.66. The highest BCUT2D eigenvalue weighted by Crippen LogP contribution is 2.34. The van der Waals surface area contributed by atoms with Crippen LogP contribution in [0.4, 0.5) is 23.2 Å². The van der Waals surface area contributed by atoms with Crippen LogP contribution in [0.15, 0.2) is 30.3 Å². The van der Waals surface area contributed by atoms with Crippen molar-refractivity contribution in [2.45, 2.75) is 13.1 Å². The predicted octanol–water partition coefficient (Wildman–Crippen LogP) is 5.67. The fourth-order valence-electron chi connectivity index (χ4n) is 2.25. The molecule has 0 aliphatic rings. The summed E-state index contributed by atoms with van der Waals surface area (Å²) >= 11 is 6.47. The fraction of sp³-hybridized carbons (Fsp3) is 0.125. The molecule has 0 saturated carbocycles. The zero-order valence-electron chi connectivity index (χ0n) is 12.5. The van der Waals surface area contributed by atoms with Crippen molar-refractivity contribution in [1.82, 2.24) is 4.98 Å². The highest BCUT2D eigenvalue weighted by atomic mass is 35.5. The highest BCUT2D eigenvalue weighted by molar-refractivity contribution is 7.20. The maximum atomic E-state index is 13.9. The summed E-state index contributed by atoms with van der Waals surface area (Å²) in [5.41, 5.74) is -0.673. The number of nitrogens with zero attached hydrogens (tertiary/aromatic N) is 1. The summed E-state index contributed by atoms with van der Waals surface area (Å²) in [6.45, 7) is 1.59. The van der Waals surface area contributed by atoms with E-state index >= 15 is 0 Å². The second-order valence-corrected chi connectivity index (χ2v) is 6.56. The highest BCUT2D eigenvalue weighted by Gasteiger charge is 2.33. The topological polar surface area (TPSA) is 42.0 Å². The van der Waals surface area contributed by atoms with E-state index in [1.165, 1.54) is 24.3 Å². The molecule has 0 radical (unpaired) electrons. The SMILES string of the molecule is Cc1c(C(=O)Nc2cccc(Cl)c2F)sc2nc(C(F)(F)F)ccc12. The third-order valence-corrected chi connectivity index (χ3v) is 4.99. The van der Waals surface area contributed by atoms with Gasteiger partial charge in [0.15, 0.2) is 5.82 Å². The van der Waals surface area contributed by atoms with Crippen molar-refractivity contribution < 1.29 is 22.4 Å². The molecule has 2 heterocycles. The van der Waals surface area contributed by atoms with Crippen LogP contribution < -0.4 is 5.32 Å². The molecule has 2 aromatic heterocycles. The zero-order chi connectivity index (χ0) is 18.4. The first-order valence-corrected chi connectivity index (χ1v) is 8.10. The molecule has 0 aliphatic heterocycles. The van der Waals surface area contributed by atoms with Gasteiger partial charge in [0.2, 0.25) is 0 Å². The van der Waals surface area contributed by atoms with Crippen LogP contribution in [0.25, 0.3) is 10.2 Å². The van der Waals surface area contributed by atoms with Crippen LogP contribution in [0.3, 0.4) is 0 Å². The molecule has 0 saturated heterocycles. The molecule has 1 N–H and O–H groups in total. The van der Waals surface area contributed by atoms with Crippen molar-refractivity contribution in [3.63, 3.8) is 0 Å². The van der Waals surface area contributed by atoms with Crippen LogP contribution in [0.5, 0.6) is 0 Å². The van der Waals surface area contributed by atoms with Gasteiger partial charge in [0.1, 0.15) is 10.5 Å². The van der Waals surface area contributed by atoms with E-state index in [0.29, 0.717) is 10.9 Å². The number of hydrogen-bond donors (Lipinski definition) is 1. The lowest BCUT2D eigenvalue weighted by Gasteiger charge is -2.06. The lowest BCUT2D eigenvalue weighted by atomic mass is 10.1. The molecule has 3 aromatic rings. The molecule has 3 rings (SSSR count). The number of carbonyl (C=O) groups is 1. The minimum absolute atomic E-state index is 0.0871. The largest absolute Gasteiger partial charge is 0.433 e. The van der Waals surface area contributed by atoms with Gasteiger partial charge in [0, 0.05) is 5.39 Å². The van der Waals surface area contributed by atoms with Gasteiger partial charge in [-0.3, -0.25) is 4.79 Å². The Morgan fingerprint density at radius 3 is 2.64 bits per heavy atom. The summed E-state index contributed by atoms with van der Waals surface area (Å²) in [6.07, 6.45) is -4.57. The van der Waals surface area contributed by atoms with E-state index in [1.807, 2.05) is 0 Å². The average molecular weight is 389 g/mol. The van der Waals surface area contributed by atoms with E-state index in [-0.39, 0.29) is 20.4 Å². The van der Waals surface area contributed by atoms with Crippen molar-refractivity contribution in [3.05, 3.63) is 57.3 Å². The van der Waals surface area contributed by atoms with Gasteiger partial charge >= 0.3 is 6.18 Å². The number of nitrogens with one attached hydrogen (secondary N) is 1. The Hall–Kier alpha value is -2.19. The zero-order valence-corrected chi connectivity index (χ0v) is 14.1. The molecule has 0 bridgehead atoms. The van der Waals surface area contributed by atoms with Crippen molar-refractivity contribution in [2.24, 2.45) is 0 Å². The number of hydrogen-bond acceptors (Lipinski definition) is 3. The van der Waals surface area contributed by atoms with Crippen LogP contribution in [0, 0.1) is 12.7 Å². The Kier molecular flexibility index (Phi) is 4.42. The van der Waals surface area contributed by atoms with Gasteiger partial charge in [0.05, 0.1) is 15.6 Å². The Bertz CT molecular complexity index is 984. The number of fused-ring (bicyclic) bond motifs is 1. The summed E-state index contributed by atoms with van der Waals surface area (Å²) < 4.78 is 52.2. The van der Waals surface area contributed by atoms with Gasteiger partial charge < -0.3 is 5.32 Å². The van der Waals surface area contributed by atoms with E-state index in [4.69, 9.17) is 11.6 Å². The minimum Gasteiger partial charge on any atom is -0.319 e. The maximum absolute atomic E-state index is 13.9. The Labute approximate surface area is 148 Å². The molecule has 9 heteroatoms. The number of benzene rings is 1. The molecule has 130 valence electrons. The van der Waals surface area contributed by atoms with Crippen molar-refractivity contribution >= 4 is 44.7 Å². The van der Waals surface area contributed by atoms with Gasteiger partial charge in [-0.2, -0.15) is 13.2 Å². The van der Waals surface area contributed by atoms with E-state index in [0.717, 1.165) is 17.4 Å². The Morgan fingerprint density at radius 2 is 1.96 bits per heavy atom. The van der Waals surface area contributed by atoms with Gasteiger partial charge in [-0.15, -0.1) is 11.3 Å². The lowest BCUT2D eigenvalue weighted by molar-refractivity contribution is -0.140. The number of amides is 1. The van der Waals surface area contributed by atoms with E-state index in [2.05, 4.69) is 10.3 Å². The van der Waals surface area contributed by atoms with Gasteiger partial charge in [-0.1, -0.05) is 17.7 Å². The smallest absolute Gasteiger partial charge is 0.319 e. The first kappa shape index (κ1) is 17.6. The molecule has 1 amide bonds. The minimum atomic E-state index is -4.57. The standard InChI is InChI=1S/C16H9ClF4N2OS/c1-7-8-5-6-11(16(19,20)21)23-15(8)25-13(7)14(24)22-10-4-2-3-9(17)12(10)18/h2-6H,1H3,(H,22,24). The molecular weight excluding hydrogens is 380 g/mol. The molecule has 25 heavy (non-hydrogen) atoms. The maximum Gasteiger partial charge on any atom is 0.433 e. The Morgan fingerprint density at radius 1 is 1.24 bits per heavy atom. The monoisotopic (exact) mass is 388 g/mol. The number of alkyl halides is 3. The third-order valence-electron chi connectivity index (χ3n) is 3.50. The number of pyridine rings is 1. The summed E-state index contributed by atoms with van der Waals surface area (Å²) in [7, 11) is 0. The van der Waals surface area contributed by atoms with Crippen molar-refractivity contribution in [1.29, 1.82) is 0 Å². The second-order valence-electron chi connectivity index (χ2n) is 5.16. The fourth-order valence-corrected chi connectivity index (χ4v) is 3.50. The number of aromatic nitrogens is 1. The molecule has 0 aliphatic carbocycles. The predicted molar refractivity (Wildman–Crippen MR) is 88.7 cm³/mol. The second kappa shape index (κ2) is 6.27. The number of rotatable bonds is 2. The average Bonchev–Trinajstić information content (AvgIpc) is 2.87. The number of anilines is 1. The normalized spacial score (nSPS) is 11.8. The van der Waals surface area contributed by atoms with Crippen LogP contribution in [0.1, 0.15) is 20.9 Å². The molecule has 0 spiro atoms. The van der Waals surface area contributed by atoms with E-state index in [9.17, 15) is 22.4 Å². The van der Waals surface area contributed by atoms with Crippen LogP contribution in [-0.2, 0) is 6.18 Å². The van der Waals surface area contributed by atoms with Crippen LogP contribution in [0.2, 0.25) is 5.02 Å². The Balaban J connectivity index is 1.99. The third kappa shape index (κ3) is 3.32. The molecule has 0 atom stereocenters. The summed E-state index contributed by atoms with van der Waals surface area (Å²) in [6, 6.07) is 6.27. The first-order valence-electron chi connectivity index (χ1n) is 6.91. The van der Waals surface area contributed by atoms with Crippen molar-refractivity contribution in [3.8, 4) is 0 Å². The molecule has 1 aromatic carbocycles. The van der Waals surface area contributed by atoms with Gasteiger partial charge in [0.25, 0.3) is 5.91 Å². The molecular formula is C16H9ClF4N2OS. The van der Waals surface area contributed by atoms with Gasteiger partial charge in [-0.05, 0) is 36.8 Å². The number of halogens is 5. The van der Waals surface area contributed by atoms with E-state index < -0.39 is 23.6 Å². The number of thiophene rings is 1. The molecule has 0 fully saturated rings. The summed E-state index contributed by atoms with van der Waals surface area (Å²) in [5.74, 6) is -1.43. The first-order chi connectivity index (χ1) is 11.7. The van der Waals surface area contributed by atoms with Gasteiger partial charge in [-0.25, -0.2) is 9.37 Å². The number of aryl methyl sites for hydroxylation is 1.